The topological polar surface area (TPSA) is 67.2 Å². The fourth-order valence-corrected chi connectivity index (χ4v) is 14.3. The van der Waals surface area contributed by atoms with E-state index in [0.717, 1.165) is 83.1 Å². The van der Waals surface area contributed by atoms with Gasteiger partial charge in [-0.1, -0.05) is 58.2 Å². The molecule has 0 saturated heterocycles. The van der Waals surface area contributed by atoms with Crippen LogP contribution in [0.3, 0.4) is 0 Å². The van der Waals surface area contributed by atoms with Crippen LogP contribution >= 0.6 is 23.5 Å². The molecule has 15 rings (SSSR count). The number of fused-ring (bicyclic) bond motifs is 8. The molecule has 7 nitrogen and oxygen atoms in total. The molecule has 0 amide bonds. The van der Waals surface area contributed by atoms with Crippen molar-refractivity contribution in [2.45, 2.75) is 61.1 Å². The van der Waals surface area contributed by atoms with Gasteiger partial charge in [0.1, 0.15) is 11.5 Å². The van der Waals surface area contributed by atoms with E-state index in [9.17, 15) is 0 Å². The minimum Gasteiger partial charge on any atom is -0.631 e. The van der Waals surface area contributed by atoms with Gasteiger partial charge in [-0.3, -0.25) is 9.36 Å². The molecule has 4 aliphatic heterocycles. The molecule has 8 aromatic carbocycles. The van der Waals surface area contributed by atoms with E-state index < -0.39 is 0 Å². The molecule has 4 aliphatic rings. The van der Waals surface area contributed by atoms with Gasteiger partial charge in [-0.25, -0.2) is 12.1 Å². The van der Waals surface area contributed by atoms with Crippen LogP contribution in [0, 0.1) is 78.1 Å². The number of ether oxygens (including phenoxy) is 2. The summed E-state index contributed by atoms with van der Waals surface area (Å²) in [6, 6.07) is 56.9. The van der Waals surface area contributed by atoms with Gasteiger partial charge in [0, 0.05) is 82.6 Å². The first-order valence-electron chi connectivity index (χ1n) is 25.0. The van der Waals surface area contributed by atoms with Crippen molar-refractivity contribution in [3.05, 3.63) is 204 Å². The first-order chi connectivity index (χ1) is 36.6. The zero-order valence-corrected chi connectivity index (χ0v) is 48.5. The molecule has 0 unspecified atom stereocenters. The second-order valence-electron chi connectivity index (χ2n) is 20.1. The normalized spacial score (nSPS) is 12.9. The number of benzene rings is 8. The van der Waals surface area contributed by atoms with Gasteiger partial charge < -0.3 is 31.1 Å². The molecule has 11 aromatic rings. The molecule has 77 heavy (non-hydrogen) atoms. The maximum atomic E-state index is 6.60. The van der Waals surface area contributed by atoms with Crippen molar-refractivity contribution in [2.24, 2.45) is 0 Å². The summed E-state index contributed by atoms with van der Waals surface area (Å²) in [5, 5.41) is 9.73. The fraction of sp³-hybridized carbons (Fsp3) is 0.0938. The molecule has 378 valence electrons. The minimum atomic E-state index is -0.281. The first-order valence-corrected chi connectivity index (χ1v) is 26.6. The van der Waals surface area contributed by atoms with Gasteiger partial charge in [-0.05, 0) is 126 Å². The Morgan fingerprint density at radius 2 is 0.948 bits per heavy atom. The Kier molecular flexibility index (Phi) is 12.3. The van der Waals surface area contributed by atoms with Crippen molar-refractivity contribution >= 4 is 69.7 Å². The average Bonchev–Trinajstić information content (AvgIpc) is 4.22. The van der Waals surface area contributed by atoms with Crippen molar-refractivity contribution < 1.29 is 56.0 Å². The van der Waals surface area contributed by atoms with Crippen LogP contribution < -0.4 is 42.3 Å². The van der Waals surface area contributed by atoms with E-state index in [2.05, 4.69) is 157 Å². The number of hydrogen-bond donors (Lipinski definition) is 0. The molecular weight excluding hydrogens is 1350 g/mol. The Labute approximate surface area is 485 Å². The Balaban J connectivity index is 0.00000283. The fourth-order valence-electron chi connectivity index (χ4n) is 12.0. The second kappa shape index (κ2) is 19.0. The molecule has 0 aliphatic carbocycles. The van der Waals surface area contributed by atoms with Gasteiger partial charge in [0.2, 0.25) is 13.4 Å². The van der Waals surface area contributed by atoms with E-state index >= 15 is 0 Å². The number of aryl methyl sites for hydroxylation is 6. The van der Waals surface area contributed by atoms with Crippen LogP contribution in [-0.4, -0.2) is 33.0 Å². The van der Waals surface area contributed by atoms with Crippen LogP contribution in [0.25, 0.3) is 56.1 Å². The van der Waals surface area contributed by atoms with E-state index in [1.165, 1.54) is 64.7 Å². The number of nitrogens with zero attached hydrogens (tertiary/aromatic N) is 4. The molecular formula is C64H40B2N4O3Pt2S2-6. The van der Waals surface area contributed by atoms with E-state index in [-0.39, 0.29) is 55.6 Å². The monoisotopic (exact) mass is 1390 g/mol. The first kappa shape index (κ1) is 49.8. The average molecular weight is 1390 g/mol. The maximum absolute atomic E-state index is 6.60. The standard InChI is InChI=1S/C64H40B2N4O3S2.2Pt/c1-35-21-37(3)61(38(4)22-35)44-30-67-69(32-44)46-15-18-53-49(28-46)65-48-25-41(13-17-52(48)72-54-9-7-10-55(73-53)63(54)65)43-27-56(71-34-43)42-14-19-57-50(26-42)66-51-29-47(16-20-58(51)75-60-12-8-11-59(74-57)64(60)66)70-33-45(31-68-70)62-39(5)23-36(2)24-40(62)6;;/h7-24,30-33H,1-6H3;;/q-6;;. The predicted octanol–water partition coefficient (Wildman–Crippen LogP) is 11.1. The molecule has 0 N–H and O–H groups in total. The summed E-state index contributed by atoms with van der Waals surface area (Å²) in [5.41, 5.74) is 22.1. The van der Waals surface area contributed by atoms with Crippen molar-refractivity contribution in [2.75, 3.05) is 0 Å². The van der Waals surface area contributed by atoms with Crippen molar-refractivity contribution in [1.82, 2.24) is 19.6 Å². The van der Waals surface area contributed by atoms with Gasteiger partial charge in [0.25, 0.3) is 0 Å². The molecule has 0 bridgehead atoms. The summed E-state index contributed by atoms with van der Waals surface area (Å²) in [6.07, 6.45) is 11.3. The largest absolute Gasteiger partial charge is 0.631 e. The summed E-state index contributed by atoms with van der Waals surface area (Å²) >= 11 is 3.59. The van der Waals surface area contributed by atoms with E-state index in [4.69, 9.17) is 24.1 Å². The van der Waals surface area contributed by atoms with Crippen LogP contribution in [0.4, 0.5) is 0 Å². The van der Waals surface area contributed by atoms with Crippen LogP contribution in [0.15, 0.2) is 158 Å². The SMILES string of the molecule is Cc1cc(C)c(-c2cnn(-c3[c-]c4c(cc3)Oc3cccc5c3B4c3[c-]c(-c4[c-]oc(-c6[c-]c7c(cc6)Sc6cccc8c6B7c6[c-]c(-n7cc(-c9c(C)cc(C)cc9C)cn7)ccc6S8)[c-]4)ccc3O5)c2)c(C)c1.[Pt].[Pt]. The van der Waals surface area contributed by atoms with Gasteiger partial charge in [-0.2, -0.15) is 45.6 Å². The predicted molar refractivity (Wildman–Crippen MR) is 300 cm³/mol. The van der Waals surface area contributed by atoms with Gasteiger partial charge >= 0.3 is 0 Å². The van der Waals surface area contributed by atoms with E-state index in [1.807, 2.05) is 64.2 Å². The van der Waals surface area contributed by atoms with Crippen LogP contribution in [0.5, 0.6) is 23.0 Å². The third-order valence-corrected chi connectivity index (χ3v) is 17.3. The number of furan rings is 1. The molecule has 0 atom stereocenters. The van der Waals surface area contributed by atoms with Crippen molar-refractivity contribution in [1.29, 1.82) is 0 Å². The summed E-state index contributed by atoms with van der Waals surface area (Å²) < 4.78 is 23.3. The zero-order chi connectivity index (χ0) is 50.4. The van der Waals surface area contributed by atoms with E-state index in [1.54, 1.807) is 23.5 Å². The van der Waals surface area contributed by atoms with Gasteiger partial charge in [0.15, 0.2) is 0 Å². The van der Waals surface area contributed by atoms with Gasteiger partial charge in [0.05, 0.1) is 12.4 Å². The Bertz CT molecular complexity index is 3940. The Hall–Kier alpha value is -6.73. The summed E-state index contributed by atoms with van der Waals surface area (Å²) in [4.78, 5) is 4.81. The van der Waals surface area contributed by atoms with Gasteiger partial charge in [-0.15, -0.1) is 87.3 Å². The number of hydrogen-bond acceptors (Lipinski definition) is 7. The number of rotatable bonds is 6. The second-order valence-corrected chi connectivity index (χ2v) is 22.2. The zero-order valence-electron chi connectivity index (χ0n) is 42.3. The molecule has 0 spiro atoms. The molecule has 3 aromatic heterocycles. The van der Waals surface area contributed by atoms with E-state index in [0.29, 0.717) is 17.1 Å². The third kappa shape index (κ3) is 8.14. The summed E-state index contributed by atoms with van der Waals surface area (Å²) in [5.74, 6) is 3.47. The third-order valence-electron chi connectivity index (χ3n) is 15.0. The summed E-state index contributed by atoms with van der Waals surface area (Å²) in [7, 11) is 0. The molecule has 7 heterocycles. The van der Waals surface area contributed by atoms with Crippen LogP contribution in [0.2, 0.25) is 0 Å². The quantitative estimate of drug-likeness (QED) is 0.121. The van der Waals surface area contributed by atoms with Crippen molar-refractivity contribution in [3.63, 3.8) is 0 Å². The molecule has 0 radical (unpaired) electrons. The maximum Gasteiger partial charge on any atom is 0.212 e. The van der Waals surface area contributed by atoms with Crippen LogP contribution in [-0.2, 0) is 42.1 Å². The van der Waals surface area contributed by atoms with Crippen LogP contribution in [0.1, 0.15) is 33.4 Å². The molecule has 13 heteroatoms. The molecule has 0 fully saturated rings. The number of aromatic nitrogens is 4. The Morgan fingerprint density at radius 3 is 1.56 bits per heavy atom. The van der Waals surface area contributed by atoms with Crippen molar-refractivity contribution in [3.8, 4) is 79.1 Å². The minimum absolute atomic E-state index is 0. The molecule has 0 saturated carbocycles. The summed E-state index contributed by atoms with van der Waals surface area (Å²) in [6.45, 7) is 12.6. The Morgan fingerprint density at radius 1 is 0.468 bits per heavy atom. The smallest absolute Gasteiger partial charge is 0.212 e.